The second-order valence-corrected chi connectivity index (χ2v) is 8.36. The molecule has 0 unspecified atom stereocenters. The molecular weight excluding hydrogens is 404 g/mol. The molecular formula is C26H24N2O4. The van der Waals surface area contributed by atoms with E-state index in [1.165, 1.54) is 0 Å². The minimum Gasteiger partial charge on any atom is -0.511 e. The molecule has 32 heavy (non-hydrogen) atoms. The number of ketones is 2. The van der Waals surface area contributed by atoms with Crippen molar-refractivity contribution in [3.8, 4) is 0 Å². The van der Waals surface area contributed by atoms with Gasteiger partial charge in [-0.3, -0.25) is 14.6 Å². The summed E-state index contributed by atoms with van der Waals surface area (Å²) >= 11 is 0. The molecule has 0 fully saturated rings. The number of allylic oxidation sites excluding steroid dienone is 2. The Morgan fingerprint density at radius 3 is 2.62 bits per heavy atom. The molecule has 2 aliphatic carbocycles. The second-order valence-electron chi connectivity index (χ2n) is 8.36. The van der Waals surface area contributed by atoms with E-state index < -0.39 is 0 Å². The first-order valence-electron chi connectivity index (χ1n) is 11.1. The van der Waals surface area contributed by atoms with E-state index in [4.69, 9.17) is 9.52 Å². The zero-order valence-corrected chi connectivity index (χ0v) is 17.8. The van der Waals surface area contributed by atoms with Crippen molar-refractivity contribution in [3.05, 3.63) is 70.8 Å². The standard InChI is InChI=1S/C26H24N2O4/c29-21-10-4-11-22(30)25(21)19(27-18-9-3-7-16-6-1-2-8-17(16)18)14-15-20-26-23(31)12-5-13-24(26)32-28-20/h1-3,6-9,29H,4-5,10-15H2. The first-order valence-corrected chi connectivity index (χ1v) is 11.1. The summed E-state index contributed by atoms with van der Waals surface area (Å²) in [6.45, 7) is 0. The molecule has 1 N–H and O–H groups in total. The SMILES string of the molecule is O=C1CCCC(O)=C1C(CCc1noc2c1C(=O)CCC2)=Nc1cccc2ccccc12. The van der Waals surface area contributed by atoms with Crippen LogP contribution in [0.25, 0.3) is 10.8 Å². The molecule has 0 aliphatic heterocycles. The van der Waals surface area contributed by atoms with E-state index in [2.05, 4.69) is 5.16 Å². The molecule has 0 radical (unpaired) electrons. The largest absolute Gasteiger partial charge is 0.511 e. The number of carbonyl (C=O) groups is 2. The fourth-order valence-corrected chi connectivity index (χ4v) is 4.63. The molecule has 6 heteroatoms. The minimum atomic E-state index is -0.0917. The summed E-state index contributed by atoms with van der Waals surface area (Å²) in [6, 6.07) is 13.8. The molecule has 0 saturated heterocycles. The number of benzene rings is 2. The maximum absolute atomic E-state index is 12.8. The number of aliphatic hydroxyl groups excluding tert-OH is 1. The highest BCUT2D eigenvalue weighted by molar-refractivity contribution is 6.24. The van der Waals surface area contributed by atoms with Crippen LogP contribution in [0.3, 0.4) is 0 Å². The summed E-state index contributed by atoms with van der Waals surface area (Å²) in [5.41, 5.74) is 2.79. The molecule has 3 aromatic rings. The Hall–Kier alpha value is -3.54. The van der Waals surface area contributed by atoms with Gasteiger partial charge in [0.1, 0.15) is 11.5 Å². The third-order valence-corrected chi connectivity index (χ3v) is 6.21. The van der Waals surface area contributed by atoms with Gasteiger partial charge in [-0.1, -0.05) is 41.6 Å². The molecule has 0 spiro atoms. The van der Waals surface area contributed by atoms with Crippen molar-refractivity contribution in [2.24, 2.45) is 4.99 Å². The van der Waals surface area contributed by atoms with Gasteiger partial charge in [0.2, 0.25) is 0 Å². The summed E-state index contributed by atoms with van der Waals surface area (Å²) in [6.07, 6.45) is 4.29. The number of rotatable bonds is 5. The van der Waals surface area contributed by atoms with Crippen molar-refractivity contribution < 1.29 is 19.2 Å². The predicted molar refractivity (Wildman–Crippen MR) is 122 cm³/mol. The molecule has 1 heterocycles. The molecule has 1 aromatic heterocycles. The van der Waals surface area contributed by atoms with Gasteiger partial charge in [0.15, 0.2) is 11.6 Å². The third-order valence-electron chi connectivity index (χ3n) is 6.21. The van der Waals surface area contributed by atoms with Crippen molar-refractivity contribution in [1.29, 1.82) is 0 Å². The van der Waals surface area contributed by atoms with Gasteiger partial charge in [-0.2, -0.15) is 0 Å². The lowest BCUT2D eigenvalue weighted by Gasteiger charge is -2.17. The van der Waals surface area contributed by atoms with Gasteiger partial charge in [-0.25, -0.2) is 0 Å². The van der Waals surface area contributed by atoms with Gasteiger partial charge in [-0.05, 0) is 37.1 Å². The highest BCUT2D eigenvalue weighted by Crippen LogP contribution is 2.31. The van der Waals surface area contributed by atoms with Crippen molar-refractivity contribution in [3.63, 3.8) is 0 Å². The van der Waals surface area contributed by atoms with E-state index in [1.807, 2.05) is 42.5 Å². The zero-order valence-electron chi connectivity index (χ0n) is 17.8. The van der Waals surface area contributed by atoms with Crippen LogP contribution in [-0.4, -0.2) is 27.5 Å². The number of aliphatic hydroxyl groups is 1. The van der Waals surface area contributed by atoms with Gasteiger partial charge in [-0.15, -0.1) is 0 Å². The molecule has 6 nitrogen and oxygen atoms in total. The summed E-state index contributed by atoms with van der Waals surface area (Å²) in [4.78, 5) is 30.1. The average Bonchev–Trinajstić information content (AvgIpc) is 3.22. The summed E-state index contributed by atoms with van der Waals surface area (Å²) in [5, 5.41) is 16.8. The number of nitrogens with zero attached hydrogens (tertiary/aromatic N) is 2. The second kappa shape index (κ2) is 8.54. The number of fused-ring (bicyclic) bond motifs is 2. The minimum absolute atomic E-state index is 0.0610. The van der Waals surface area contributed by atoms with E-state index in [-0.39, 0.29) is 17.3 Å². The summed E-state index contributed by atoms with van der Waals surface area (Å²) in [5.74, 6) is 0.718. The van der Waals surface area contributed by atoms with Gasteiger partial charge in [0.05, 0.1) is 28.2 Å². The number of aromatic nitrogens is 1. The van der Waals surface area contributed by atoms with Crippen LogP contribution in [0.4, 0.5) is 5.69 Å². The van der Waals surface area contributed by atoms with Crippen molar-refractivity contribution in [1.82, 2.24) is 5.16 Å². The molecule has 2 aliphatic rings. The fourth-order valence-electron chi connectivity index (χ4n) is 4.63. The van der Waals surface area contributed by atoms with Crippen molar-refractivity contribution in [2.45, 2.75) is 51.4 Å². The Kier molecular flexibility index (Phi) is 5.43. The zero-order chi connectivity index (χ0) is 22.1. The molecule has 162 valence electrons. The van der Waals surface area contributed by atoms with Crippen LogP contribution >= 0.6 is 0 Å². The van der Waals surface area contributed by atoms with E-state index in [9.17, 15) is 14.7 Å². The quantitative estimate of drug-likeness (QED) is 0.533. The molecule has 2 aromatic carbocycles. The van der Waals surface area contributed by atoms with Crippen molar-refractivity contribution >= 4 is 33.7 Å². The van der Waals surface area contributed by atoms with Gasteiger partial charge in [0.25, 0.3) is 0 Å². The molecule has 0 amide bonds. The first-order chi connectivity index (χ1) is 15.6. The number of hydrogen-bond acceptors (Lipinski definition) is 6. The van der Waals surface area contributed by atoms with Crippen LogP contribution in [-0.2, 0) is 17.6 Å². The highest BCUT2D eigenvalue weighted by atomic mass is 16.5. The maximum atomic E-state index is 12.8. The van der Waals surface area contributed by atoms with E-state index in [1.54, 1.807) is 0 Å². The molecule has 5 rings (SSSR count). The van der Waals surface area contributed by atoms with E-state index in [0.717, 1.165) is 29.3 Å². The van der Waals surface area contributed by atoms with Gasteiger partial charge < -0.3 is 9.63 Å². The summed E-state index contributed by atoms with van der Waals surface area (Å²) in [7, 11) is 0. The van der Waals surface area contributed by atoms with Crippen LogP contribution in [0.2, 0.25) is 0 Å². The van der Waals surface area contributed by atoms with Crippen molar-refractivity contribution in [2.75, 3.05) is 0 Å². The lowest BCUT2D eigenvalue weighted by Crippen LogP contribution is -2.20. The average molecular weight is 428 g/mol. The normalized spacial score (nSPS) is 17.2. The van der Waals surface area contributed by atoms with E-state index in [0.29, 0.717) is 66.8 Å². The molecule has 0 saturated carbocycles. The van der Waals surface area contributed by atoms with Crippen LogP contribution in [0.5, 0.6) is 0 Å². The Balaban J connectivity index is 1.55. The number of aryl methyl sites for hydroxylation is 2. The highest BCUT2D eigenvalue weighted by Gasteiger charge is 2.28. The molecule has 0 atom stereocenters. The van der Waals surface area contributed by atoms with Crippen LogP contribution in [0, 0.1) is 0 Å². The van der Waals surface area contributed by atoms with Crippen LogP contribution < -0.4 is 0 Å². The lowest BCUT2D eigenvalue weighted by molar-refractivity contribution is -0.115. The topological polar surface area (TPSA) is 92.8 Å². The van der Waals surface area contributed by atoms with Gasteiger partial charge >= 0.3 is 0 Å². The smallest absolute Gasteiger partial charge is 0.168 e. The first kappa shape index (κ1) is 20.4. The Morgan fingerprint density at radius 1 is 0.969 bits per heavy atom. The lowest BCUT2D eigenvalue weighted by atomic mass is 9.89. The Labute approximate surface area is 185 Å². The van der Waals surface area contributed by atoms with E-state index >= 15 is 0 Å². The van der Waals surface area contributed by atoms with Crippen LogP contribution in [0.1, 0.15) is 60.3 Å². The number of carbonyl (C=O) groups excluding carboxylic acids is 2. The molecule has 0 bridgehead atoms. The predicted octanol–water partition coefficient (Wildman–Crippen LogP) is 5.62. The van der Waals surface area contributed by atoms with Crippen LogP contribution in [0.15, 0.2) is 63.3 Å². The fraction of sp³-hybridized carbons (Fsp3) is 0.308. The summed E-state index contributed by atoms with van der Waals surface area (Å²) < 4.78 is 5.41. The number of Topliss-reactive ketones (excluding diaryl/α,β-unsaturated/α-hetero) is 2. The third kappa shape index (κ3) is 3.77. The Morgan fingerprint density at radius 2 is 1.75 bits per heavy atom. The Bertz CT molecular complexity index is 1280. The number of hydrogen-bond donors (Lipinski definition) is 1. The monoisotopic (exact) mass is 428 g/mol. The number of aliphatic imine (C=N–C) groups is 1. The van der Waals surface area contributed by atoms with Gasteiger partial charge in [0, 0.05) is 31.1 Å². The maximum Gasteiger partial charge on any atom is 0.168 e.